The molecule has 1 heterocycles. The van der Waals surface area contributed by atoms with Gasteiger partial charge in [-0.25, -0.2) is 4.98 Å². The molecule has 5 nitrogen and oxygen atoms in total. The van der Waals surface area contributed by atoms with Crippen molar-refractivity contribution in [3.8, 4) is 0 Å². The molecule has 1 amide bonds. The SMILES string of the molecule is CCC(C)[C@H](N)C(=O)NC(Cn1ccnc1)C(C)(C)C. The minimum absolute atomic E-state index is 0.0132. The zero-order chi connectivity index (χ0) is 15.3. The number of rotatable bonds is 6. The molecule has 0 saturated heterocycles. The lowest BCUT2D eigenvalue weighted by molar-refractivity contribution is -0.125. The summed E-state index contributed by atoms with van der Waals surface area (Å²) in [5.74, 6) is 0.114. The summed E-state index contributed by atoms with van der Waals surface area (Å²) in [4.78, 5) is 16.3. The van der Waals surface area contributed by atoms with Crippen LogP contribution < -0.4 is 11.1 Å². The highest BCUT2D eigenvalue weighted by Crippen LogP contribution is 2.21. The lowest BCUT2D eigenvalue weighted by Crippen LogP contribution is -2.53. The molecule has 2 unspecified atom stereocenters. The van der Waals surface area contributed by atoms with E-state index in [0.29, 0.717) is 6.54 Å². The lowest BCUT2D eigenvalue weighted by Gasteiger charge is -2.33. The molecule has 114 valence electrons. The monoisotopic (exact) mass is 280 g/mol. The molecule has 1 aromatic heterocycles. The van der Waals surface area contributed by atoms with E-state index in [1.54, 1.807) is 12.5 Å². The van der Waals surface area contributed by atoms with Crippen molar-refractivity contribution in [3.63, 3.8) is 0 Å². The number of nitrogens with one attached hydrogen (secondary N) is 1. The Morgan fingerprint density at radius 1 is 1.45 bits per heavy atom. The minimum Gasteiger partial charge on any atom is -0.350 e. The Morgan fingerprint density at radius 2 is 2.10 bits per heavy atom. The number of nitrogens with two attached hydrogens (primary N) is 1. The van der Waals surface area contributed by atoms with Crippen LogP contribution in [0, 0.1) is 11.3 Å². The average Bonchev–Trinajstić information content (AvgIpc) is 2.87. The van der Waals surface area contributed by atoms with Crippen molar-refractivity contribution in [2.75, 3.05) is 0 Å². The summed E-state index contributed by atoms with van der Waals surface area (Å²) in [6.45, 7) is 11.1. The van der Waals surface area contributed by atoms with Gasteiger partial charge in [0.15, 0.2) is 0 Å². The largest absolute Gasteiger partial charge is 0.350 e. The van der Waals surface area contributed by atoms with Gasteiger partial charge in [-0.05, 0) is 11.3 Å². The molecule has 0 bridgehead atoms. The van der Waals surface area contributed by atoms with Crippen LogP contribution in [0.5, 0.6) is 0 Å². The number of aromatic nitrogens is 2. The molecular weight excluding hydrogens is 252 g/mol. The highest BCUT2D eigenvalue weighted by atomic mass is 16.2. The van der Waals surface area contributed by atoms with Crippen molar-refractivity contribution >= 4 is 5.91 Å². The van der Waals surface area contributed by atoms with Gasteiger partial charge in [0, 0.05) is 18.9 Å². The number of amides is 1. The number of imidazole rings is 1. The van der Waals surface area contributed by atoms with Gasteiger partial charge in [-0.1, -0.05) is 41.0 Å². The van der Waals surface area contributed by atoms with Crippen LogP contribution in [0.4, 0.5) is 0 Å². The van der Waals surface area contributed by atoms with E-state index in [4.69, 9.17) is 5.73 Å². The van der Waals surface area contributed by atoms with Gasteiger partial charge in [-0.15, -0.1) is 0 Å². The number of nitrogens with zero attached hydrogens (tertiary/aromatic N) is 2. The zero-order valence-corrected chi connectivity index (χ0v) is 13.3. The van der Waals surface area contributed by atoms with Gasteiger partial charge in [-0.3, -0.25) is 4.79 Å². The first-order valence-electron chi connectivity index (χ1n) is 7.27. The molecule has 0 aliphatic carbocycles. The molecule has 3 atom stereocenters. The predicted molar refractivity (Wildman–Crippen MR) is 81.0 cm³/mol. The molecule has 1 aromatic rings. The second kappa shape index (κ2) is 6.88. The van der Waals surface area contributed by atoms with Gasteiger partial charge in [0.2, 0.25) is 5.91 Å². The van der Waals surface area contributed by atoms with Gasteiger partial charge in [-0.2, -0.15) is 0 Å². The Morgan fingerprint density at radius 3 is 2.55 bits per heavy atom. The number of hydrogen-bond acceptors (Lipinski definition) is 3. The normalized spacial score (nSPS) is 16.5. The maximum Gasteiger partial charge on any atom is 0.237 e. The Bertz CT molecular complexity index is 408. The van der Waals surface area contributed by atoms with Crippen molar-refractivity contribution in [2.45, 2.75) is 59.7 Å². The number of carbonyl (C=O) groups excluding carboxylic acids is 1. The summed E-state index contributed by atoms with van der Waals surface area (Å²) < 4.78 is 1.98. The highest BCUT2D eigenvalue weighted by molar-refractivity contribution is 5.82. The van der Waals surface area contributed by atoms with Crippen molar-refractivity contribution in [1.82, 2.24) is 14.9 Å². The molecule has 0 radical (unpaired) electrons. The quantitative estimate of drug-likeness (QED) is 0.834. The van der Waals surface area contributed by atoms with Crippen LogP contribution in [0.3, 0.4) is 0 Å². The molecule has 0 fully saturated rings. The van der Waals surface area contributed by atoms with Gasteiger partial charge in [0.05, 0.1) is 18.4 Å². The van der Waals surface area contributed by atoms with Crippen LogP contribution in [0.2, 0.25) is 0 Å². The van der Waals surface area contributed by atoms with E-state index < -0.39 is 6.04 Å². The first-order valence-corrected chi connectivity index (χ1v) is 7.27. The fourth-order valence-electron chi connectivity index (χ4n) is 1.92. The standard InChI is InChI=1S/C15H28N4O/c1-6-11(2)13(16)14(20)18-12(15(3,4)5)9-19-8-7-17-10-19/h7-8,10-13H,6,9,16H2,1-5H3,(H,18,20)/t11?,12?,13-/m0/s1. The first kappa shape index (κ1) is 16.7. The summed E-state index contributed by atoms with van der Waals surface area (Å²) >= 11 is 0. The summed E-state index contributed by atoms with van der Waals surface area (Å²) in [5, 5.41) is 3.10. The molecule has 0 saturated carbocycles. The summed E-state index contributed by atoms with van der Waals surface area (Å²) in [7, 11) is 0. The molecule has 20 heavy (non-hydrogen) atoms. The third-order valence-corrected chi connectivity index (χ3v) is 3.87. The zero-order valence-electron chi connectivity index (χ0n) is 13.3. The molecular formula is C15H28N4O. The van der Waals surface area contributed by atoms with Crippen LogP contribution >= 0.6 is 0 Å². The Balaban J connectivity index is 2.73. The second-order valence-corrected chi connectivity index (χ2v) is 6.60. The van der Waals surface area contributed by atoms with Crippen molar-refractivity contribution < 1.29 is 4.79 Å². The number of carbonyl (C=O) groups is 1. The van der Waals surface area contributed by atoms with E-state index in [0.717, 1.165) is 6.42 Å². The Hall–Kier alpha value is -1.36. The van der Waals surface area contributed by atoms with Crippen LogP contribution in [0.1, 0.15) is 41.0 Å². The molecule has 3 N–H and O–H groups in total. The smallest absolute Gasteiger partial charge is 0.237 e. The van der Waals surface area contributed by atoms with E-state index in [1.165, 1.54) is 0 Å². The van der Waals surface area contributed by atoms with E-state index in [1.807, 2.05) is 24.6 Å². The maximum absolute atomic E-state index is 12.3. The molecule has 0 aromatic carbocycles. The molecule has 1 rings (SSSR count). The highest BCUT2D eigenvalue weighted by Gasteiger charge is 2.29. The fraction of sp³-hybridized carbons (Fsp3) is 0.733. The van der Waals surface area contributed by atoms with Gasteiger partial charge >= 0.3 is 0 Å². The van der Waals surface area contributed by atoms with Gasteiger partial charge in [0.1, 0.15) is 0 Å². The number of hydrogen-bond donors (Lipinski definition) is 2. The summed E-state index contributed by atoms with van der Waals surface area (Å²) in [6.07, 6.45) is 6.31. The molecule has 0 aliphatic rings. The lowest BCUT2D eigenvalue weighted by atomic mass is 9.86. The Labute approximate surface area is 122 Å². The predicted octanol–water partition coefficient (Wildman–Crippen LogP) is 1.79. The van der Waals surface area contributed by atoms with Crippen LogP contribution in [-0.4, -0.2) is 27.5 Å². The van der Waals surface area contributed by atoms with Gasteiger partial charge < -0.3 is 15.6 Å². The first-order chi connectivity index (χ1) is 9.25. The third-order valence-electron chi connectivity index (χ3n) is 3.87. The second-order valence-electron chi connectivity index (χ2n) is 6.60. The summed E-state index contributed by atoms with van der Waals surface area (Å²) in [5.41, 5.74) is 5.96. The maximum atomic E-state index is 12.3. The molecule has 0 spiro atoms. The van der Waals surface area contributed by atoms with Crippen molar-refractivity contribution in [2.24, 2.45) is 17.1 Å². The van der Waals surface area contributed by atoms with Crippen LogP contribution in [0.15, 0.2) is 18.7 Å². The summed E-state index contributed by atoms with van der Waals surface area (Å²) in [6, 6.07) is -0.438. The minimum atomic E-state index is -0.451. The average molecular weight is 280 g/mol. The Kier molecular flexibility index (Phi) is 5.74. The van der Waals surface area contributed by atoms with E-state index in [2.05, 4.69) is 31.1 Å². The van der Waals surface area contributed by atoms with E-state index in [-0.39, 0.29) is 23.3 Å². The van der Waals surface area contributed by atoms with E-state index >= 15 is 0 Å². The van der Waals surface area contributed by atoms with E-state index in [9.17, 15) is 4.79 Å². The third kappa shape index (κ3) is 4.63. The van der Waals surface area contributed by atoms with Crippen molar-refractivity contribution in [3.05, 3.63) is 18.7 Å². The van der Waals surface area contributed by atoms with Crippen LogP contribution in [-0.2, 0) is 11.3 Å². The molecule has 5 heteroatoms. The fourth-order valence-corrected chi connectivity index (χ4v) is 1.92. The molecule has 0 aliphatic heterocycles. The van der Waals surface area contributed by atoms with Crippen LogP contribution in [0.25, 0.3) is 0 Å². The van der Waals surface area contributed by atoms with Gasteiger partial charge in [0.25, 0.3) is 0 Å². The topological polar surface area (TPSA) is 72.9 Å². The van der Waals surface area contributed by atoms with Crippen molar-refractivity contribution in [1.29, 1.82) is 0 Å².